The number of hydrogen-bond acceptors (Lipinski definition) is 7. The predicted molar refractivity (Wildman–Crippen MR) is 115 cm³/mol. The van der Waals surface area contributed by atoms with Crippen LogP contribution in [0, 0.1) is 13.8 Å². The molecule has 0 fully saturated rings. The van der Waals surface area contributed by atoms with Crippen molar-refractivity contribution in [2.45, 2.75) is 40.2 Å². The van der Waals surface area contributed by atoms with Crippen LogP contribution in [0.15, 0.2) is 24.3 Å². The monoisotopic (exact) mass is 442 g/mol. The Labute approximate surface area is 185 Å². The summed E-state index contributed by atoms with van der Waals surface area (Å²) in [6, 6.07) is 7.08. The number of ether oxygens (including phenoxy) is 3. The van der Waals surface area contributed by atoms with E-state index >= 15 is 0 Å². The van der Waals surface area contributed by atoms with Crippen LogP contribution in [0.2, 0.25) is 0 Å². The highest BCUT2D eigenvalue weighted by molar-refractivity contribution is 6.04. The molecule has 9 heteroatoms. The Morgan fingerprint density at radius 1 is 1.16 bits per heavy atom. The van der Waals surface area contributed by atoms with E-state index in [2.05, 4.69) is 4.98 Å². The molecule has 1 aliphatic heterocycles. The van der Waals surface area contributed by atoms with Gasteiger partial charge in [0.15, 0.2) is 12.7 Å². The van der Waals surface area contributed by atoms with E-state index in [1.165, 1.54) is 4.90 Å². The molecule has 32 heavy (non-hydrogen) atoms. The summed E-state index contributed by atoms with van der Waals surface area (Å²) in [7, 11) is 0. The average molecular weight is 442 g/mol. The van der Waals surface area contributed by atoms with E-state index in [4.69, 9.17) is 14.2 Å². The molecule has 0 spiro atoms. The third-order valence-corrected chi connectivity index (χ3v) is 5.17. The zero-order valence-corrected chi connectivity index (χ0v) is 18.5. The van der Waals surface area contributed by atoms with E-state index in [9.17, 15) is 19.2 Å². The molecule has 0 aliphatic carbocycles. The minimum Gasteiger partial charge on any atom is -0.479 e. The van der Waals surface area contributed by atoms with Gasteiger partial charge in [-0.1, -0.05) is 12.1 Å². The van der Waals surface area contributed by atoms with Gasteiger partial charge in [0.05, 0.1) is 18.7 Å². The molecule has 1 aliphatic rings. The Morgan fingerprint density at radius 3 is 2.59 bits per heavy atom. The molecule has 1 aromatic heterocycles. The van der Waals surface area contributed by atoms with E-state index < -0.39 is 30.4 Å². The van der Waals surface area contributed by atoms with Crippen LogP contribution >= 0.6 is 0 Å². The molecule has 1 unspecified atom stereocenters. The summed E-state index contributed by atoms with van der Waals surface area (Å²) < 4.78 is 15.7. The summed E-state index contributed by atoms with van der Waals surface area (Å²) >= 11 is 0. The van der Waals surface area contributed by atoms with Crippen molar-refractivity contribution in [2.75, 3.05) is 24.7 Å². The van der Waals surface area contributed by atoms with Crippen molar-refractivity contribution in [3.05, 3.63) is 46.8 Å². The van der Waals surface area contributed by atoms with Crippen LogP contribution < -0.4 is 9.64 Å². The van der Waals surface area contributed by atoms with Crippen LogP contribution in [0.3, 0.4) is 0 Å². The second kappa shape index (κ2) is 9.67. The lowest BCUT2D eigenvalue weighted by Crippen LogP contribution is -2.45. The number of aromatic nitrogens is 1. The predicted octanol–water partition coefficient (Wildman–Crippen LogP) is 2.74. The first kappa shape index (κ1) is 23.1. The lowest BCUT2D eigenvalue weighted by atomic mass is 10.1. The molecule has 9 nitrogen and oxygen atoms in total. The van der Waals surface area contributed by atoms with Gasteiger partial charge in [0.2, 0.25) is 5.78 Å². The van der Waals surface area contributed by atoms with E-state index in [1.807, 2.05) is 0 Å². The quantitative estimate of drug-likeness (QED) is 0.494. The number of anilines is 1. The average Bonchev–Trinajstić information content (AvgIpc) is 3.06. The maximum atomic E-state index is 12.6. The van der Waals surface area contributed by atoms with Crippen molar-refractivity contribution < 1.29 is 33.4 Å². The number of ketones is 1. The van der Waals surface area contributed by atoms with Crippen molar-refractivity contribution in [3.8, 4) is 5.75 Å². The molecule has 3 rings (SSSR count). The van der Waals surface area contributed by atoms with Gasteiger partial charge < -0.3 is 24.1 Å². The first-order valence-electron chi connectivity index (χ1n) is 10.4. The van der Waals surface area contributed by atoms with Crippen LogP contribution in [0.1, 0.15) is 52.4 Å². The van der Waals surface area contributed by atoms with E-state index in [-0.39, 0.29) is 31.2 Å². The van der Waals surface area contributed by atoms with Crippen molar-refractivity contribution in [1.82, 2.24) is 4.98 Å². The molecule has 2 aromatic rings. The number of rotatable bonds is 8. The third-order valence-electron chi connectivity index (χ3n) is 5.17. The van der Waals surface area contributed by atoms with Gasteiger partial charge in [-0.25, -0.2) is 4.79 Å². The Morgan fingerprint density at radius 2 is 1.88 bits per heavy atom. The molecular formula is C23H26N2O7. The zero-order chi connectivity index (χ0) is 23.4. The Balaban J connectivity index is 1.60. The minimum absolute atomic E-state index is 0.0841. The summed E-state index contributed by atoms with van der Waals surface area (Å²) in [6.07, 6.45) is -0.741. The molecule has 0 saturated carbocycles. The number of nitrogens with zero attached hydrogens (tertiary/aromatic N) is 1. The summed E-state index contributed by atoms with van der Waals surface area (Å²) in [4.78, 5) is 53.7. The fourth-order valence-corrected chi connectivity index (χ4v) is 3.66. The van der Waals surface area contributed by atoms with Crippen molar-refractivity contribution >= 4 is 29.3 Å². The van der Waals surface area contributed by atoms with Crippen LogP contribution in [0.25, 0.3) is 0 Å². The van der Waals surface area contributed by atoms with Gasteiger partial charge in [0.1, 0.15) is 11.4 Å². The molecule has 1 atom stereocenters. The molecule has 0 radical (unpaired) electrons. The SMILES string of the molecule is CCOC(=O)c1[nH]c(C)c(C(=O)COC(=O)CCN2C(=O)C(C)Oc3ccccc32)c1C. The Hall–Kier alpha value is -3.62. The number of esters is 2. The standard InChI is InChI=1S/C23H26N2O7/c1-5-30-23(29)21-13(2)20(14(3)24-21)17(26)12-31-19(27)10-11-25-16-8-6-7-9-18(16)32-15(4)22(25)28/h6-9,15,24H,5,10-12H2,1-4H3. The summed E-state index contributed by atoms with van der Waals surface area (Å²) in [6.45, 7) is 6.48. The normalized spacial score (nSPS) is 15.1. The van der Waals surface area contributed by atoms with Gasteiger partial charge in [0.25, 0.3) is 5.91 Å². The first-order valence-corrected chi connectivity index (χ1v) is 10.4. The number of carbonyl (C=O) groups excluding carboxylic acids is 4. The van der Waals surface area contributed by atoms with Crippen LogP contribution in [-0.2, 0) is 19.1 Å². The Kier molecular flexibility index (Phi) is 6.97. The molecule has 1 amide bonds. The highest BCUT2D eigenvalue weighted by Gasteiger charge is 2.31. The van der Waals surface area contributed by atoms with Crippen molar-refractivity contribution in [3.63, 3.8) is 0 Å². The van der Waals surface area contributed by atoms with Crippen molar-refractivity contribution in [1.29, 1.82) is 0 Å². The molecule has 0 bridgehead atoms. The van der Waals surface area contributed by atoms with E-state index in [1.54, 1.807) is 52.0 Å². The number of hydrogen-bond donors (Lipinski definition) is 1. The lowest BCUT2D eigenvalue weighted by molar-refractivity contribution is -0.142. The minimum atomic E-state index is -0.657. The molecule has 170 valence electrons. The fraction of sp³-hybridized carbons (Fsp3) is 0.391. The molecule has 1 aromatic carbocycles. The summed E-state index contributed by atoms with van der Waals surface area (Å²) in [5, 5.41) is 0. The smallest absolute Gasteiger partial charge is 0.355 e. The lowest BCUT2D eigenvalue weighted by Gasteiger charge is -2.32. The van der Waals surface area contributed by atoms with Crippen LogP contribution in [0.4, 0.5) is 5.69 Å². The number of aryl methyl sites for hydroxylation is 1. The maximum Gasteiger partial charge on any atom is 0.355 e. The highest BCUT2D eigenvalue weighted by Crippen LogP contribution is 2.33. The highest BCUT2D eigenvalue weighted by atomic mass is 16.5. The topological polar surface area (TPSA) is 115 Å². The van der Waals surface area contributed by atoms with E-state index in [0.717, 1.165) is 0 Å². The fourth-order valence-electron chi connectivity index (χ4n) is 3.66. The largest absolute Gasteiger partial charge is 0.479 e. The van der Waals surface area contributed by atoms with Gasteiger partial charge in [-0.2, -0.15) is 0 Å². The van der Waals surface area contributed by atoms with Gasteiger partial charge in [-0.3, -0.25) is 14.4 Å². The number of benzene rings is 1. The van der Waals surface area contributed by atoms with Gasteiger partial charge >= 0.3 is 11.9 Å². The number of para-hydroxylation sites is 2. The number of aromatic amines is 1. The zero-order valence-electron chi connectivity index (χ0n) is 18.5. The number of carbonyl (C=O) groups is 4. The molecule has 0 saturated heterocycles. The van der Waals surface area contributed by atoms with Crippen LogP contribution in [0.5, 0.6) is 5.75 Å². The summed E-state index contributed by atoms with van der Waals surface area (Å²) in [5.41, 5.74) is 2.04. The molecular weight excluding hydrogens is 416 g/mol. The number of amides is 1. The number of Topliss-reactive ketones (excluding diaryl/α,β-unsaturated/α-hetero) is 1. The number of fused-ring (bicyclic) bond motifs is 1. The Bertz CT molecular complexity index is 1060. The van der Waals surface area contributed by atoms with Crippen molar-refractivity contribution in [2.24, 2.45) is 0 Å². The molecule has 2 heterocycles. The maximum absolute atomic E-state index is 12.6. The number of H-pyrrole nitrogens is 1. The summed E-state index contributed by atoms with van der Waals surface area (Å²) in [5.74, 6) is -1.27. The van der Waals surface area contributed by atoms with Gasteiger partial charge in [0, 0.05) is 17.8 Å². The first-order chi connectivity index (χ1) is 15.2. The van der Waals surface area contributed by atoms with Crippen LogP contribution in [-0.4, -0.2) is 54.5 Å². The third kappa shape index (κ3) is 4.66. The second-order valence-corrected chi connectivity index (χ2v) is 7.40. The number of nitrogens with one attached hydrogen (secondary N) is 1. The van der Waals surface area contributed by atoms with Gasteiger partial charge in [-0.15, -0.1) is 0 Å². The van der Waals surface area contributed by atoms with E-state index in [0.29, 0.717) is 28.3 Å². The molecule has 1 N–H and O–H groups in total. The second-order valence-electron chi connectivity index (χ2n) is 7.40. The van der Waals surface area contributed by atoms with Gasteiger partial charge in [-0.05, 0) is 45.4 Å².